The van der Waals surface area contributed by atoms with Crippen molar-refractivity contribution in [3.8, 4) is 22.6 Å². The number of nitrogens with one attached hydrogen (secondary N) is 1. The number of carbonyl (C=O) groups excluding carboxylic acids is 1. The van der Waals surface area contributed by atoms with Gasteiger partial charge < -0.3 is 10.2 Å². The average Bonchev–Trinajstić information content (AvgIpc) is 3.32. The van der Waals surface area contributed by atoms with Crippen molar-refractivity contribution in [1.82, 2.24) is 29.2 Å². The summed E-state index contributed by atoms with van der Waals surface area (Å²) in [4.78, 5) is 29.9. The van der Waals surface area contributed by atoms with Gasteiger partial charge in [-0.3, -0.25) is 14.1 Å². The summed E-state index contributed by atoms with van der Waals surface area (Å²) in [6.45, 7) is 3.56. The highest BCUT2D eigenvalue weighted by atomic mass is 19.1. The maximum Gasteiger partial charge on any atom is 0.236 e. The molecule has 8 nitrogen and oxygen atoms in total. The second kappa shape index (κ2) is 11.6. The molecular formula is C31H32FN7O. The molecule has 1 N–H and O–H groups in total. The van der Waals surface area contributed by atoms with Gasteiger partial charge in [0.1, 0.15) is 11.5 Å². The second-order valence-corrected chi connectivity index (χ2v) is 10.1. The van der Waals surface area contributed by atoms with Gasteiger partial charge in [0.2, 0.25) is 11.9 Å². The summed E-state index contributed by atoms with van der Waals surface area (Å²) < 4.78 is 15.7. The van der Waals surface area contributed by atoms with Crippen LogP contribution in [0, 0.1) is 12.7 Å². The van der Waals surface area contributed by atoms with Gasteiger partial charge in [0.15, 0.2) is 0 Å². The van der Waals surface area contributed by atoms with Crippen LogP contribution in [0.1, 0.15) is 16.7 Å². The highest BCUT2D eigenvalue weighted by molar-refractivity contribution is 5.81. The molecule has 0 radical (unpaired) electrons. The summed E-state index contributed by atoms with van der Waals surface area (Å²) in [6, 6.07) is 20.5. The van der Waals surface area contributed by atoms with Crippen molar-refractivity contribution < 1.29 is 9.18 Å². The molecule has 0 atom stereocenters. The minimum Gasteiger partial charge on any atom is -0.350 e. The summed E-state index contributed by atoms with van der Waals surface area (Å²) >= 11 is 0. The molecule has 0 spiro atoms. The van der Waals surface area contributed by atoms with Crippen LogP contribution in [0.3, 0.4) is 0 Å². The number of aryl methyl sites for hydroxylation is 1. The number of nitrogens with zero attached hydrogens (tertiary/aromatic N) is 6. The van der Waals surface area contributed by atoms with Crippen molar-refractivity contribution in [1.29, 1.82) is 0 Å². The topological polar surface area (TPSA) is 78.7 Å². The first kappa shape index (κ1) is 27.0. The van der Waals surface area contributed by atoms with E-state index >= 15 is 0 Å². The number of carbonyl (C=O) groups is 1. The Kier molecular flexibility index (Phi) is 7.84. The summed E-state index contributed by atoms with van der Waals surface area (Å²) in [6.07, 6.45) is 3.68. The molecule has 1 amide bonds. The number of hydrogen-bond acceptors (Lipinski definition) is 6. The number of halogens is 1. The predicted octanol–water partition coefficient (Wildman–Crippen LogP) is 5.04. The largest absolute Gasteiger partial charge is 0.350 e. The Bertz CT molecular complexity index is 1630. The zero-order valence-corrected chi connectivity index (χ0v) is 23.1. The van der Waals surface area contributed by atoms with Crippen LogP contribution in [0.5, 0.6) is 0 Å². The molecule has 3 aromatic heterocycles. The number of aromatic nitrogens is 4. The van der Waals surface area contributed by atoms with Crippen LogP contribution in [0.4, 0.5) is 10.3 Å². The van der Waals surface area contributed by atoms with Crippen LogP contribution in [-0.4, -0.2) is 62.7 Å². The van der Waals surface area contributed by atoms with Crippen molar-refractivity contribution in [2.24, 2.45) is 0 Å². The van der Waals surface area contributed by atoms with Crippen molar-refractivity contribution in [2.45, 2.75) is 20.0 Å². The molecule has 0 bridgehead atoms. The summed E-state index contributed by atoms with van der Waals surface area (Å²) in [5.41, 5.74) is 7.03. The fourth-order valence-corrected chi connectivity index (χ4v) is 4.44. The number of amides is 1. The SMILES string of the molecule is Cc1ccc(CNc2nccc(-c3c(-c4ccc(F)cc4)nc4cc(CN(C)CC(=O)N(C)C)ccn34)n2)cc1. The Balaban J connectivity index is 1.49. The molecule has 5 aromatic rings. The van der Waals surface area contributed by atoms with Crippen LogP contribution in [0.25, 0.3) is 28.3 Å². The minimum absolute atomic E-state index is 0.0424. The van der Waals surface area contributed by atoms with Gasteiger partial charge in [-0.25, -0.2) is 19.3 Å². The van der Waals surface area contributed by atoms with E-state index in [4.69, 9.17) is 9.97 Å². The fourth-order valence-electron chi connectivity index (χ4n) is 4.44. The van der Waals surface area contributed by atoms with E-state index in [1.807, 2.05) is 40.7 Å². The standard InChI is InChI=1S/C31H32FN7O/c1-21-5-7-22(8-6-21)18-34-31-33-15-13-26(35-31)30-29(24-9-11-25(32)12-10-24)36-27-17-23(14-16-39(27)30)19-38(4)20-28(40)37(2)3/h5-17H,18-20H2,1-4H3,(H,33,34,35). The number of pyridine rings is 1. The van der Waals surface area contributed by atoms with E-state index in [0.29, 0.717) is 37.0 Å². The molecule has 3 heterocycles. The van der Waals surface area contributed by atoms with E-state index in [1.54, 1.807) is 37.3 Å². The van der Waals surface area contributed by atoms with Crippen molar-refractivity contribution >= 4 is 17.5 Å². The average molecular weight is 538 g/mol. The number of hydrogen-bond donors (Lipinski definition) is 1. The third kappa shape index (κ3) is 6.16. The quantitative estimate of drug-likeness (QED) is 0.284. The van der Waals surface area contributed by atoms with Crippen LogP contribution in [0.15, 0.2) is 79.1 Å². The number of benzene rings is 2. The Morgan fingerprint density at radius 3 is 2.42 bits per heavy atom. The van der Waals surface area contributed by atoms with Gasteiger partial charge in [-0.05, 0) is 67.6 Å². The molecule has 0 aliphatic carbocycles. The van der Waals surface area contributed by atoms with Gasteiger partial charge in [-0.15, -0.1) is 0 Å². The van der Waals surface area contributed by atoms with E-state index in [-0.39, 0.29) is 11.7 Å². The first-order valence-corrected chi connectivity index (χ1v) is 13.1. The van der Waals surface area contributed by atoms with Gasteiger partial charge in [-0.1, -0.05) is 29.8 Å². The zero-order chi connectivity index (χ0) is 28.2. The summed E-state index contributed by atoms with van der Waals surface area (Å²) in [5, 5.41) is 3.31. The molecule has 0 unspecified atom stereocenters. The normalized spacial score (nSPS) is 11.2. The maximum atomic E-state index is 13.8. The van der Waals surface area contributed by atoms with Crippen LogP contribution >= 0.6 is 0 Å². The highest BCUT2D eigenvalue weighted by Crippen LogP contribution is 2.32. The first-order chi connectivity index (χ1) is 19.3. The lowest BCUT2D eigenvalue weighted by atomic mass is 10.1. The van der Waals surface area contributed by atoms with Gasteiger partial charge in [0, 0.05) is 45.1 Å². The number of rotatable bonds is 9. The van der Waals surface area contributed by atoms with Crippen molar-refractivity contribution in [3.05, 3.63) is 102 Å². The summed E-state index contributed by atoms with van der Waals surface area (Å²) in [7, 11) is 5.42. The van der Waals surface area contributed by atoms with Crippen molar-refractivity contribution in [3.63, 3.8) is 0 Å². The smallest absolute Gasteiger partial charge is 0.236 e. The van der Waals surface area contributed by atoms with E-state index in [0.717, 1.165) is 28.0 Å². The van der Waals surface area contributed by atoms with Gasteiger partial charge >= 0.3 is 0 Å². The highest BCUT2D eigenvalue weighted by Gasteiger charge is 2.19. The molecule has 9 heteroatoms. The van der Waals surface area contributed by atoms with Gasteiger partial charge in [0.25, 0.3) is 0 Å². The zero-order valence-electron chi connectivity index (χ0n) is 23.1. The molecular weight excluding hydrogens is 505 g/mol. The molecule has 0 aliphatic rings. The lowest BCUT2D eigenvalue weighted by Crippen LogP contribution is -2.34. The fraction of sp³-hybridized carbons (Fsp3) is 0.226. The Morgan fingerprint density at radius 1 is 0.950 bits per heavy atom. The van der Waals surface area contributed by atoms with Gasteiger partial charge in [0.05, 0.1) is 23.6 Å². The third-order valence-electron chi connectivity index (χ3n) is 6.63. The molecule has 0 aliphatic heterocycles. The molecule has 0 saturated carbocycles. The number of likely N-dealkylation sites (N-methyl/N-ethyl adjacent to an activating group) is 2. The Morgan fingerprint density at radius 2 is 1.70 bits per heavy atom. The van der Waals surface area contributed by atoms with Crippen LogP contribution < -0.4 is 5.32 Å². The lowest BCUT2D eigenvalue weighted by Gasteiger charge is -2.19. The van der Waals surface area contributed by atoms with E-state index in [1.165, 1.54) is 17.7 Å². The minimum atomic E-state index is -0.309. The number of anilines is 1. The Labute approximate surface area is 233 Å². The summed E-state index contributed by atoms with van der Waals surface area (Å²) in [5.74, 6) is 0.235. The number of imidazole rings is 1. The molecule has 0 saturated heterocycles. The Hall–Kier alpha value is -4.63. The van der Waals surface area contributed by atoms with E-state index in [9.17, 15) is 9.18 Å². The van der Waals surface area contributed by atoms with Gasteiger partial charge in [-0.2, -0.15) is 0 Å². The monoisotopic (exact) mass is 537 g/mol. The van der Waals surface area contributed by atoms with Crippen LogP contribution in [-0.2, 0) is 17.9 Å². The molecule has 0 fully saturated rings. The molecule has 204 valence electrons. The van der Waals surface area contributed by atoms with E-state index in [2.05, 4.69) is 41.5 Å². The molecule has 2 aromatic carbocycles. The molecule has 5 rings (SSSR count). The first-order valence-electron chi connectivity index (χ1n) is 13.1. The maximum absolute atomic E-state index is 13.8. The predicted molar refractivity (Wildman–Crippen MR) is 155 cm³/mol. The lowest BCUT2D eigenvalue weighted by molar-refractivity contribution is -0.129. The molecule has 40 heavy (non-hydrogen) atoms. The van der Waals surface area contributed by atoms with Crippen molar-refractivity contribution in [2.75, 3.05) is 33.0 Å². The van der Waals surface area contributed by atoms with Crippen LogP contribution in [0.2, 0.25) is 0 Å². The number of fused-ring (bicyclic) bond motifs is 1. The van der Waals surface area contributed by atoms with E-state index < -0.39 is 0 Å². The second-order valence-electron chi connectivity index (χ2n) is 10.1. The third-order valence-corrected chi connectivity index (χ3v) is 6.63.